The van der Waals surface area contributed by atoms with Crippen molar-refractivity contribution in [2.45, 2.75) is 6.54 Å². The number of hydrogen-bond acceptors (Lipinski definition) is 5. The third kappa shape index (κ3) is 4.82. The number of carbonyl (C=O) groups excluding carboxylic acids is 1. The van der Waals surface area contributed by atoms with Gasteiger partial charge in [0.05, 0.1) is 0 Å². The van der Waals surface area contributed by atoms with Gasteiger partial charge < -0.3 is 14.8 Å². The Kier molecular flexibility index (Phi) is 5.42. The summed E-state index contributed by atoms with van der Waals surface area (Å²) in [6, 6.07) is 16.8. The van der Waals surface area contributed by atoms with Crippen molar-refractivity contribution in [1.29, 1.82) is 0 Å². The number of nitrogens with one attached hydrogen (secondary N) is 1. The van der Waals surface area contributed by atoms with Crippen LogP contribution in [-0.4, -0.2) is 17.5 Å². The molecule has 0 aliphatic carbocycles. The predicted molar refractivity (Wildman–Crippen MR) is 92.4 cm³/mol. The Hall–Kier alpha value is -2.86. The number of amides is 1. The van der Waals surface area contributed by atoms with Crippen LogP contribution in [-0.2, 0) is 11.3 Å². The second kappa shape index (κ2) is 8.12. The van der Waals surface area contributed by atoms with Crippen molar-refractivity contribution >= 4 is 17.2 Å². The summed E-state index contributed by atoms with van der Waals surface area (Å²) in [6.45, 7) is 0.434. The first kappa shape index (κ1) is 16.0. The molecule has 1 heterocycles. The van der Waals surface area contributed by atoms with Gasteiger partial charge in [0.1, 0.15) is 11.5 Å². The van der Waals surface area contributed by atoms with E-state index >= 15 is 0 Å². The molecule has 1 aromatic heterocycles. The fourth-order valence-corrected chi connectivity index (χ4v) is 2.46. The molecule has 6 heteroatoms. The Morgan fingerprint density at radius 1 is 1.04 bits per heavy atom. The minimum atomic E-state index is -0.165. The Bertz CT molecular complexity index is 759. The zero-order chi connectivity index (χ0) is 16.6. The van der Waals surface area contributed by atoms with Crippen molar-refractivity contribution in [2.75, 3.05) is 6.61 Å². The summed E-state index contributed by atoms with van der Waals surface area (Å²) in [5, 5.41) is 5.28. The van der Waals surface area contributed by atoms with Crippen molar-refractivity contribution in [3.63, 3.8) is 0 Å². The maximum Gasteiger partial charge on any atom is 0.278 e. The molecule has 0 saturated carbocycles. The maximum absolute atomic E-state index is 11.8. The lowest BCUT2D eigenvalue weighted by Crippen LogP contribution is -2.28. The predicted octanol–water partition coefficient (Wildman–Crippen LogP) is 3.63. The molecule has 0 saturated heterocycles. The van der Waals surface area contributed by atoms with E-state index in [0.29, 0.717) is 23.2 Å². The van der Waals surface area contributed by atoms with Crippen LogP contribution in [0, 0.1) is 0 Å². The Labute approximate surface area is 143 Å². The summed E-state index contributed by atoms with van der Waals surface area (Å²) >= 11 is 1.44. The standard InChI is InChI=1S/C18H16N2O3S/c21-17(13-22-15-4-2-1-3-5-15)20-12-14-6-8-16(9-7-14)23-18-19-10-11-24-18/h1-11H,12-13H2,(H,20,21). The number of rotatable bonds is 7. The van der Waals surface area contributed by atoms with Gasteiger partial charge in [-0.25, -0.2) is 4.98 Å². The minimum absolute atomic E-state index is 0.00471. The molecule has 0 aliphatic rings. The van der Waals surface area contributed by atoms with E-state index in [2.05, 4.69) is 10.3 Å². The zero-order valence-electron chi connectivity index (χ0n) is 12.8. The van der Waals surface area contributed by atoms with Gasteiger partial charge in [0.2, 0.25) is 0 Å². The second-order valence-corrected chi connectivity index (χ2v) is 5.78. The second-order valence-electron chi connectivity index (χ2n) is 4.92. The van der Waals surface area contributed by atoms with Crippen LogP contribution in [0.2, 0.25) is 0 Å². The quantitative estimate of drug-likeness (QED) is 0.713. The van der Waals surface area contributed by atoms with Crippen molar-refractivity contribution in [1.82, 2.24) is 10.3 Å². The summed E-state index contributed by atoms with van der Waals surface area (Å²) in [7, 11) is 0. The summed E-state index contributed by atoms with van der Waals surface area (Å²) in [6.07, 6.45) is 1.70. The summed E-state index contributed by atoms with van der Waals surface area (Å²) in [5.41, 5.74) is 0.981. The number of ether oxygens (including phenoxy) is 2. The third-order valence-electron chi connectivity index (χ3n) is 3.14. The molecule has 122 valence electrons. The van der Waals surface area contributed by atoms with Crippen LogP contribution in [0.5, 0.6) is 16.7 Å². The average Bonchev–Trinajstić information content (AvgIpc) is 3.13. The van der Waals surface area contributed by atoms with Gasteiger partial charge in [0.25, 0.3) is 11.1 Å². The fraction of sp³-hybridized carbons (Fsp3) is 0.111. The van der Waals surface area contributed by atoms with E-state index < -0.39 is 0 Å². The molecule has 0 spiro atoms. The lowest BCUT2D eigenvalue weighted by molar-refractivity contribution is -0.123. The van der Waals surface area contributed by atoms with Crippen LogP contribution in [0.3, 0.4) is 0 Å². The maximum atomic E-state index is 11.8. The molecule has 0 aliphatic heterocycles. The number of para-hydroxylation sites is 1. The molecule has 2 aromatic carbocycles. The van der Waals surface area contributed by atoms with Crippen molar-refractivity contribution < 1.29 is 14.3 Å². The van der Waals surface area contributed by atoms with Gasteiger partial charge in [-0.3, -0.25) is 4.79 Å². The molecule has 0 unspecified atom stereocenters. The van der Waals surface area contributed by atoms with Gasteiger partial charge >= 0.3 is 0 Å². The molecule has 0 bridgehead atoms. The molecule has 0 fully saturated rings. The molecule has 1 amide bonds. The molecular formula is C18H16N2O3S. The molecule has 0 radical (unpaired) electrons. The van der Waals surface area contributed by atoms with Crippen LogP contribution in [0.25, 0.3) is 0 Å². The zero-order valence-corrected chi connectivity index (χ0v) is 13.7. The Morgan fingerprint density at radius 2 is 1.83 bits per heavy atom. The molecule has 5 nitrogen and oxygen atoms in total. The van der Waals surface area contributed by atoms with E-state index in [1.54, 1.807) is 6.20 Å². The number of thiazole rings is 1. The van der Waals surface area contributed by atoms with E-state index in [9.17, 15) is 4.79 Å². The highest BCUT2D eigenvalue weighted by Gasteiger charge is 2.04. The van der Waals surface area contributed by atoms with Gasteiger partial charge in [0, 0.05) is 18.1 Å². The van der Waals surface area contributed by atoms with Crippen LogP contribution in [0.1, 0.15) is 5.56 Å². The minimum Gasteiger partial charge on any atom is -0.484 e. The first-order chi connectivity index (χ1) is 11.8. The summed E-state index contributed by atoms with van der Waals surface area (Å²) in [4.78, 5) is 15.9. The van der Waals surface area contributed by atoms with Crippen LogP contribution < -0.4 is 14.8 Å². The molecular weight excluding hydrogens is 324 g/mol. The van der Waals surface area contributed by atoms with Gasteiger partial charge in [-0.15, -0.1) is 0 Å². The van der Waals surface area contributed by atoms with Crippen LogP contribution in [0.15, 0.2) is 66.2 Å². The van der Waals surface area contributed by atoms with Crippen LogP contribution >= 0.6 is 11.3 Å². The molecule has 24 heavy (non-hydrogen) atoms. The fourth-order valence-electron chi connectivity index (χ4n) is 1.95. The van der Waals surface area contributed by atoms with Crippen molar-refractivity contribution in [3.05, 3.63) is 71.7 Å². The van der Waals surface area contributed by atoms with Crippen molar-refractivity contribution in [2.24, 2.45) is 0 Å². The van der Waals surface area contributed by atoms with Crippen molar-refractivity contribution in [3.8, 4) is 16.7 Å². The highest BCUT2D eigenvalue weighted by Crippen LogP contribution is 2.23. The van der Waals surface area contributed by atoms with E-state index in [0.717, 1.165) is 5.56 Å². The Morgan fingerprint density at radius 3 is 2.54 bits per heavy atom. The van der Waals surface area contributed by atoms with Crippen LogP contribution in [0.4, 0.5) is 0 Å². The molecule has 0 atom stereocenters. The highest BCUT2D eigenvalue weighted by atomic mass is 32.1. The topological polar surface area (TPSA) is 60.5 Å². The molecule has 3 rings (SSSR count). The lowest BCUT2D eigenvalue weighted by atomic mass is 10.2. The summed E-state index contributed by atoms with van der Waals surface area (Å²) < 4.78 is 11.0. The average molecular weight is 340 g/mol. The molecule has 3 aromatic rings. The third-order valence-corrected chi connectivity index (χ3v) is 3.79. The van der Waals surface area contributed by atoms with E-state index in [1.807, 2.05) is 60.0 Å². The number of nitrogens with zero attached hydrogens (tertiary/aromatic N) is 1. The SMILES string of the molecule is O=C(COc1ccccc1)NCc1ccc(Oc2nccs2)cc1. The van der Waals surface area contributed by atoms with E-state index in [4.69, 9.17) is 9.47 Å². The Balaban J connectivity index is 1.43. The van der Waals surface area contributed by atoms with Gasteiger partial charge in [-0.1, -0.05) is 41.7 Å². The number of carbonyl (C=O) groups is 1. The first-order valence-corrected chi connectivity index (χ1v) is 8.28. The highest BCUT2D eigenvalue weighted by molar-refractivity contribution is 7.11. The smallest absolute Gasteiger partial charge is 0.278 e. The first-order valence-electron chi connectivity index (χ1n) is 7.40. The monoisotopic (exact) mass is 340 g/mol. The number of benzene rings is 2. The van der Waals surface area contributed by atoms with E-state index in [-0.39, 0.29) is 12.5 Å². The summed E-state index contributed by atoms with van der Waals surface area (Å²) in [5.74, 6) is 1.23. The van der Waals surface area contributed by atoms with Gasteiger partial charge in [0.15, 0.2) is 6.61 Å². The lowest BCUT2D eigenvalue weighted by Gasteiger charge is -2.08. The van der Waals surface area contributed by atoms with Gasteiger partial charge in [-0.05, 0) is 29.8 Å². The largest absolute Gasteiger partial charge is 0.484 e. The number of hydrogen-bond donors (Lipinski definition) is 1. The van der Waals surface area contributed by atoms with Gasteiger partial charge in [-0.2, -0.15) is 0 Å². The molecule has 1 N–H and O–H groups in total. The van der Waals surface area contributed by atoms with E-state index in [1.165, 1.54) is 11.3 Å². The number of aromatic nitrogens is 1. The normalized spacial score (nSPS) is 10.2.